The van der Waals surface area contributed by atoms with Gasteiger partial charge in [-0.15, -0.1) is 5.01 Å². The van der Waals surface area contributed by atoms with E-state index in [4.69, 9.17) is 23.5 Å². The lowest BCUT2D eigenvalue weighted by molar-refractivity contribution is -0.759. The Balaban J connectivity index is 1.59. The fraction of sp³-hybridized carbons (Fsp3) is 0.565. The number of likely N-dealkylation sites (N-methyl/N-ethyl adjacent to an activating group) is 1. The predicted octanol–water partition coefficient (Wildman–Crippen LogP) is 0.439. The zero-order chi connectivity index (χ0) is 26.0. The van der Waals surface area contributed by atoms with E-state index in [9.17, 15) is 9.59 Å². The molecular formula is C23H35N6O7+. The molecule has 1 unspecified atom stereocenters. The van der Waals surface area contributed by atoms with Crippen molar-refractivity contribution in [3.8, 4) is 11.5 Å². The van der Waals surface area contributed by atoms with Gasteiger partial charge in [-0.3, -0.25) is 14.6 Å². The second kappa shape index (κ2) is 12.9. The molecule has 0 spiro atoms. The smallest absolute Gasteiger partial charge is 0.414 e. The zero-order valence-electron chi connectivity index (χ0n) is 21.1. The maximum atomic E-state index is 12.6. The van der Waals surface area contributed by atoms with Crippen LogP contribution in [0.25, 0.3) is 0 Å². The van der Waals surface area contributed by atoms with E-state index < -0.39 is 12.2 Å². The molecule has 1 saturated heterocycles. The monoisotopic (exact) mass is 507 g/mol. The normalized spacial score (nSPS) is 14.6. The van der Waals surface area contributed by atoms with E-state index in [1.165, 1.54) is 11.8 Å². The van der Waals surface area contributed by atoms with Gasteiger partial charge in [-0.1, -0.05) is 12.1 Å². The van der Waals surface area contributed by atoms with Gasteiger partial charge in [0.25, 0.3) is 12.1 Å². The van der Waals surface area contributed by atoms with Crippen molar-refractivity contribution in [2.75, 3.05) is 63.4 Å². The van der Waals surface area contributed by atoms with Crippen molar-refractivity contribution in [3.05, 3.63) is 30.5 Å². The Morgan fingerprint density at radius 2 is 1.86 bits per heavy atom. The van der Waals surface area contributed by atoms with Crippen molar-refractivity contribution in [1.29, 1.82) is 0 Å². The molecule has 3 N–H and O–H groups in total. The van der Waals surface area contributed by atoms with Crippen LogP contribution in [0.4, 0.5) is 10.7 Å². The minimum Gasteiger partial charge on any atom is -0.486 e. The average Bonchev–Trinajstić information content (AvgIpc) is 3.33. The van der Waals surface area contributed by atoms with Crippen molar-refractivity contribution in [3.63, 3.8) is 0 Å². The average molecular weight is 508 g/mol. The van der Waals surface area contributed by atoms with Gasteiger partial charge in [-0.2, -0.15) is 0 Å². The van der Waals surface area contributed by atoms with Crippen LogP contribution in [0.3, 0.4) is 0 Å². The number of rotatable bonds is 11. The summed E-state index contributed by atoms with van der Waals surface area (Å²) in [6.07, 6.45) is 0.199. The number of benzene rings is 1. The number of morpholine rings is 1. The molecule has 1 fully saturated rings. The lowest BCUT2D eigenvalue weighted by atomic mass is 10.1. The van der Waals surface area contributed by atoms with E-state index >= 15 is 0 Å². The van der Waals surface area contributed by atoms with Crippen LogP contribution in [0.1, 0.15) is 20.8 Å². The van der Waals surface area contributed by atoms with Crippen LogP contribution in [-0.4, -0.2) is 82.0 Å². The summed E-state index contributed by atoms with van der Waals surface area (Å²) >= 11 is 0. The molecule has 198 valence electrons. The molecule has 0 saturated carbocycles. The number of anilines is 1. The molecule has 13 heteroatoms. The van der Waals surface area contributed by atoms with E-state index in [0.29, 0.717) is 44.3 Å². The number of aromatic nitrogens is 2. The van der Waals surface area contributed by atoms with Crippen molar-refractivity contribution >= 4 is 17.9 Å². The van der Waals surface area contributed by atoms with Gasteiger partial charge in [0.2, 0.25) is 5.27 Å². The molecule has 2 amide bonds. The van der Waals surface area contributed by atoms with Crippen LogP contribution in [0.5, 0.6) is 11.5 Å². The minimum atomic E-state index is -0.714. The minimum absolute atomic E-state index is 0.0427. The van der Waals surface area contributed by atoms with Gasteiger partial charge in [-0.25, -0.2) is 4.79 Å². The third-order valence-electron chi connectivity index (χ3n) is 5.00. The first-order chi connectivity index (χ1) is 17.2. The third kappa shape index (κ3) is 8.89. The van der Waals surface area contributed by atoms with E-state index in [1.807, 2.05) is 25.8 Å². The van der Waals surface area contributed by atoms with Gasteiger partial charge in [0.15, 0.2) is 18.1 Å². The van der Waals surface area contributed by atoms with Gasteiger partial charge in [0, 0.05) is 19.1 Å². The second-order valence-electron chi connectivity index (χ2n) is 9.06. The van der Waals surface area contributed by atoms with Crippen LogP contribution in [0.15, 0.2) is 35.0 Å². The summed E-state index contributed by atoms with van der Waals surface area (Å²) in [5.41, 5.74) is -0.207. The van der Waals surface area contributed by atoms with Crippen LogP contribution in [0.2, 0.25) is 0 Å². The quantitative estimate of drug-likeness (QED) is 0.367. The van der Waals surface area contributed by atoms with Crippen molar-refractivity contribution in [2.24, 2.45) is 0 Å². The predicted molar refractivity (Wildman–Crippen MR) is 129 cm³/mol. The van der Waals surface area contributed by atoms with Crippen LogP contribution in [-0.2, 0) is 14.3 Å². The summed E-state index contributed by atoms with van der Waals surface area (Å²) in [6, 6.07) is 6.97. The number of amides is 2. The molecule has 1 aliphatic heterocycles. The number of carbonyl (C=O) groups is 2. The maximum Gasteiger partial charge on any atom is 0.414 e. The Bertz CT molecular complexity index is 987. The summed E-state index contributed by atoms with van der Waals surface area (Å²) in [6.45, 7) is 8.75. The topological polar surface area (TPSA) is 140 Å². The molecule has 36 heavy (non-hydrogen) atoms. The maximum absolute atomic E-state index is 12.6. The first kappa shape index (κ1) is 27.0. The number of carbonyl (C=O) groups excluding carboxylic acids is 2. The molecule has 13 nitrogen and oxygen atoms in total. The van der Waals surface area contributed by atoms with E-state index in [-0.39, 0.29) is 30.5 Å². The number of ether oxygens (including phenoxy) is 4. The first-order valence-corrected chi connectivity index (χ1v) is 11.7. The van der Waals surface area contributed by atoms with Gasteiger partial charge in [-0.05, 0) is 32.9 Å². The molecule has 0 bridgehead atoms. The van der Waals surface area contributed by atoms with E-state index in [2.05, 4.69) is 21.2 Å². The summed E-state index contributed by atoms with van der Waals surface area (Å²) in [5.74, 6) is 0.706. The SMILES string of the molecule is CNC(=O)COc1ccccc1OCC(CNC(C)(C)C)OC(=O)Nc1c[n+](N2CCOCC2)no1. The van der Waals surface area contributed by atoms with Crippen molar-refractivity contribution in [2.45, 2.75) is 32.4 Å². The molecule has 0 aliphatic carbocycles. The summed E-state index contributed by atoms with van der Waals surface area (Å²) in [5, 5.41) is 14.2. The molecule has 3 rings (SSSR count). The Kier molecular flexibility index (Phi) is 9.70. The number of para-hydroxylation sites is 2. The largest absolute Gasteiger partial charge is 0.486 e. The molecule has 1 aliphatic rings. The van der Waals surface area contributed by atoms with Crippen molar-refractivity contribution in [1.82, 2.24) is 15.9 Å². The zero-order valence-corrected chi connectivity index (χ0v) is 21.1. The van der Waals surface area contributed by atoms with Crippen LogP contribution >= 0.6 is 0 Å². The molecule has 1 aromatic carbocycles. The number of nitrogens with zero attached hydrogens (tertiary/aromatic N) is 3. The van der Waals surface area contributed by atoms with Gasteiger partial charge in [0.1, 0.15) is 12.7 Å². The molecule has 1 atom stereocenters. The highest BCUT2D eigenvalue weighted by molar-refractivity contribution is 5.82. The lowest BCUT2D eigenvalue weighted by Crippen LogP contribution is -2.62. The second-order valence-corrected chi connectivity index (χ2v) is 9.06. The fourth-order valence-corrected chi connectivity index (χ4v) is 3.11. The molecule has 2 heterocycles. The van der Waals surface area contributed by atoms with Crippen LogP contribution < -0.4 is 35.2 Å². The highest BCUT2D eigenvalue weighted by Crippen LogP contribution is 2.26. The fourth-order valence-electron chi connectivity index (χ4n) is 3.11. The Morgan fingerprint density at radius 1 is 1.17 bits per heavy atom. The Labute approximate surface area is 209 Å². The van der Waals surface area contributed by atoms with E-state index in [1.54, 1.807) is 30.5 Å². The Morgan fingerprint density at radius 3 is 2.53 bits per heavy atom. The first-order valence-electron chi connectivity index (χ1n) is 11.7. The van der Waals surface area contributed by atoms with Crippen LogP contribution in [0, 0.1) is 0 Å². The molecule has 1 aromatic heterocycles. The highest BCUT2D eigenvalue weighted by atomic mass is 16.6. The third-order valence-corrected chi connectivity index (χ3v) is 5.00. The summed E-state index contributed by atoms with van der Waals surface area (Å²) in [4.78, 5) is 25.7. The number of nitrogens with one attached hydrogen (secondary N) is 3. The summed E-state index contributed by atoms with van der Waals surface area (Å²) in [7, 11) is 1.53. The van der Waals surface area contributed by atoms with Gasteiger partial charge < -0.3 is 29.6 Å². The molecular weight excluding hydrogens is 472 g/mol. The lowest BCUT2D eigenvalue weighted by Gasteiger charge is -2.25. The standard InChI is InChI=1S/C23H34N6O7/c1-23(2,3)25-13-17(15-33-18-7-5-6-8-19(18)34-16-20(30)24-4)35-22(31)26-21-14-29(27-36-21)28-9-11-32-12-10-28/h5-8,14,17,25H,9-13,15-16H2,1-4H3,(H-,24,26,27,30,31)/p+1. The van der Waals surface area contributed by atoms with Crippen molar-refractivity contribution < 1.29 is 37.9 Å². The Hall–Kier alpha value is -3.58. The number of hydrogen-bond acceptors (Lipinski definition) is 10. The number of hydrogen-bond donors (Lipinski definition) is 3. The molecule has 0 radical (unpaired) electrons. The molecule has 2 aromatic rings. The summed E-state index contributed by atoms with van der Waals surface area (Å²) < 4.78 is 27.6. The van der Waals surface area contributed by atoms with Gasteiger partial charge >= 0.3 is 12.0 Å². The highest BCUT2D eigenvalue weighted by Gasteiger charge is 2.25. The van der Waals surface area contributed by atoms with E-state index in [0.717, 1.165) is 0 Å². The van der Waals surface area contributed by atoms with Gasteiger partial charge in [0.05, 0.1) is 31.1 Å².